The standard InChI is InChI=1S/C11H17N3S/c1-4-5-12-6-7-13-10(3)11-14-8-9(2)15-11/h1,8,10,12-13H,5-7H2,2-3H3. The van der Waals surface area contributed by atoms with Crippen LogP contribution in [0.1, 0.15) is 22.9 Å². The Bertz CT molecular complexity index is 327. The first-order valence-electron chi connectivity index (χ1n) is 5.04. The average Bonchev–Trinajstić information content (AvgIpc) is 2.64. The second kappa shape index (κ2) is 6.57. The van der Waals surface area contributed by atoms with E-state index >= 15 is 0 Å². The van der Waals surface area contributed by atoms with Gasteiger partial charge in [0.2, 0.25) is 0 Å². The van der Waals surface area contributed by atoms with Gasteiger partial charge in [-0.25, -0.2) is 4.98 Å². The number of hydrogen-bond acceptors (Lipinski definition) is 4. The predicted octanol–water partition coefficient (Wildman–Crippen LogP) is 1.32. The summed E-state index contributed by atoms with van der Waals surface area (Å²) in [5.74, 6) is 2.54. The molecule has 0 spiro atoms. The molecule has 1 unspecified atom stereocenters. The van der Waals surface area contributed by atoms with Crippen molar-refractivity contribution in [1.82, 2.24) is 15.6 Å². The molecule has 0 radical (unpaired) electrons. The van der Waals surface area contributed by atoms with Gasteiger partial charge in [0.05, 0.1) is 12.6 Å². The van der Waals surface area contributed by atoms with E-state index in [1.807, 2.05) is 6.20 Å². The third-order valence-electron chi connectivity index (χ3n) is 1.99. The first-order chi connectivity index (χ1) is 7.24. The summed E-state index contributed by atoms with van der Waals surface area (Å²) in [4.78, 5) is 5.59. The molecule has 0 bridgehead atoms. The van der Waals surface area contributed by atoms with Gasteiger partial charge in [-0.05, 0) is 13.8 Å². The number of thiazole rings is 1. The third kappa shape index (κ3) is 4.43. The van der Waals surface area contributed by atoms with E-state index in [9.17, 15) is 0 Å². The second-order valence-electron chi connectivity index (χ2n) is 3.37. The summed E-state index contributed by atoms with van der Waals surface area (Å²) >= 11 is 1.74. The van der Waals surface area contributed by atoms with Crippen LogP contribution in [-0.2, 0) is 0 Å². The Kier molecular flexibility index (Phi) is 5.33. The summed E-state index contributed by atoms with van der Waals surface area (Å²) in [6.07, 6.45) is 7.03. The Hall–Kier alpha value is -0.890. The number of nitrogens with zero attached hydrogens (tertiary/aromatic N) is 1. The van der Waals surface area contributed by atoms with Crippen molar-refractivity contribution in [2.24, 2.45) is 0 Å². The lowest BCUT2D eigenvalue weighted by atomic mass is 10.3. The van der Waals surface area contributed by atoms with Crippen LogP contribution in [0.2, 0.25) is 0 Å². The number of nitrogens with one attached hydrogen (secondary N) is 2. The van der Waals surface area contributed by atoms with E-state index in [0.29, 0.717) is 12.6 Å². The van der Waals surface area contributed by atoms with Gasteiger partial charge < -0.3 is 10.6 Å². The van der Waals surface area contributed by atoms with Crippen LogP contribution in [0.15, 0.2) is 6.20 Å². The lowest BCUT2D eigenvalue weighted by Crippen LogP contribution is -2.29. The minimum atomic E-state index is 0.316. The van der Waals surface area contributed by atoms with Crippen LogP contribution in [0.25, 0.3) is 0 Å². The molecular formula is C11H17N3S. The van der Waals surface area contributed by atoms with Gasteiger partial charge in [0, 0.05) is 24.2 Å². The molecule has 0 aliphatic carbocycles. The Morgan fingerprint density at radius 1 is 1.60 bits per heavy atom. The highest BCUT2D eigenvalue weighted by Crippen LogP contribution is 2.18. The highest BCUT2D eigenvalue weighted by atomic mass is 32.1. The fraction of sp³-hybridized carbons (Fsp3) is 0.545. The molecule has 0 aliphatic heterocycles. The van der Waals surface area contributed by atoms with Gasteiger partial charge in [-0.3, -0.25) is 0 Å². The molecule has 1 aromatic heterocycles. The predicted molar refractivity (Wildman–Crippen MR) is 65.0 cm³/mol. The average molecular weight is 223 g/mol. The number of aryl methyl sites for hydroxylation is 1. The number of hydrogen-bond donors (Lipinski definition) is 2. The molecule has 0 aliphatic rings. The van der Waals surface area contributed by atoms with Crippen LogP contribution >= 0.6 is 11.3 Å². The van der Waals surface area contributed by atoms with Gasteiger partial charge >= 0.3 is 0 Å². The molecule has 1 aromatic rings. The zero-order chi connectivity index (χ0) is 11.1. The van der Waals surface area contributed by atoms with E-state index in [1.165, 1.54) is 4.88 Å². The first-order valence-corrected chi connectivity index (χ1v) is 5.85. The van der Waals surface area contributed by atoms with Gasteiger partial charge in [0.25, 0.3) is 0 Å². The molecule has 0 saturated heterocycles. The maximum atomic E-state index is 5.12. The molecule has 1 heterocycles. The van der Waals surface area contributed by atoms with Crippen molar-refractivity contribution in [2.75, 3.05) is 19.6 Å². The van der Waals surface area contributed by atoms with Crippen molar-refractivity contribution in [3.05, 3.63) is 16.1 Å². The van der Waals surface area contributed by atoms with Gasteiger partial charge in [-0.15, -0.1) is 17.8 Å². The molecular weight excluding hydrogens is 206 g/mol. The Balaban J connectivity index is 2.19. The van der Waals surface area contributed by atoms with Gasteiger partial charge in [-0.2, -0.15) is 0 Å². The van der Waals surface area contributed by atoms with Crippen molar-refractivity contribution >= 4 is 11.3 Å². The molecule has 1 atom stereocenters. The largest absolute Gasteiger partial charge is 0.307 e. The lowest BCUT2D eigenvalue weighted by Gasteiger charge is -2.10. The van der Waals surface area contributed by atoms with Crippen molar-refractivity contribution in [1.29, 1.82) is 0 Å². The molecule has 82 valence electrons. The highest BCUT2D eigenvalue weighted by molar-refractivity contribution is 7.11. The normalized spacial score (nSPS) is 12.3. The summed E-state index contributed by atoms with van der Waals surface area (Å²) in [6, 6.07) is 0.316. The SMILES string of the molecule is C#CCNCCNC(C)c1ncc(C)s1. The van der Waals surface area contributed by atoms with Crippen molar-refractivity contribution in [3.8, 4) is 12.3 Å². The van der Waals surface area contributed by atoms with Gasteiger partial charge in [0.15, 0.2) is 0 Å². The van der Waals surface area contributed by atoms with Crippen molar-refractivity contribution in [3.63, 3.8) is 0 Å². The number of aromatic nitrogens is 1. The lowest BCUT2D eigenvalue weighted by molar-refractivity contribution is 0.555. The van der Waals surface area contributed by atoms with Crippen molar-refractivity contribution in [2.45, 2.75) is 19.9 Å². The van der Waals surface area contributed by atoms with Crippen LogP contribution in [0, 0.1) is 19.3 Å². The summed E-state index contributed by atoms with van der Waals surface area (Å²) < 4.78 is 0. The minimum absolute atomic E-state index is 0.316. The molecule has 0 saturated carbocycles. The minimum Gasteiger partial charge on any atom is -0.307 e. The molecule has 15 heavy (non-hydrogen) atoms. The molecule has 2 N–H and O–H groups in total. The molecule has 3 nitrogen and oxygen atoms in total. The monoisotopic (exact) mass is 223 g/mol. The fourth-order valence-corrected chi connectivity index (χ4v) is 2.00. The van der Waals surface area contributed by atoms with Crippen LogP contribution in [0.5, 0.6) is 0 Å². The second-order valence-corrected chi connectivity index (χ2v) is 4.63. The Labute approximate surface area is 95.3 Å². The van der Waals surface area contributed by atoms with Crippen LogP contribution in [-0.4, -0.2) is 24.6 Å². The first kappa shape index (κ1) is 12.2. The summed E-state index contributed by atoms with van der Waals surface area (Å²) in [7, 11) is 0. The zero-order valence-electron chi connectivity index (χ0n) is 9.21. The van der Waals surface area contributed by atoms with Crippen molar-refractivity contribution < 1.29 is 0 Å². The van der Waals surface area contributed by atoms with Crippen LogP contribution in [0.3, 0.4) is 0 Å². The number of terminal acetylenes is 1. The Morgan fingerprint density at radius 3 is 3.00 bits per heavy atom. The van der Waals surface area contributed by atoms with E-state index < -0.39 is 0 Å². The molecule has 0 amide bonds. The topological polar surface area (TPSA) is 37.0 Å². The summed E-state index contributed by atoms with van der Waals surface area (Å²) in [5.41, 5.74) is 0. The maximum absolute atomic E-state index is 5.12. The zero-order valence-corrected chi connectivity index (χ0v) is 10.0. The summed E-state index contributed by atoms with van der Waals surface area (Å²) in [5, 5.41) is 7.66. The third-order valence-corrected chi connectivity index (χ3v) is 3.08. The van der Waals surface area contributed by atoms with E-state index in [1.54, 1.807) is 11.3 Å². The van der Waals surface area contributed by atoms with Gasteiger partial charge in [-0.1, -0.05) is 5.92 Å². The summed E-state index contributed by atoms with van der Waals surface area (Å²) in [6.45, 7) is 6.62. The van der Waals surface area contributed by atoms with Crippen LogP contribution in [0.4, 0.5) is 0 Å². The van der Waals surface area contributed by atoms with Gasteiger partial charge in [0.1, 0.15) is 5.01 Å². The highest BCUT2D eigenvalue weighted by Gasteiger charge is 2.07. The van der Waals surface area contributed by atoms with E-state index in [4.69, 9.17) is 6.42 Å². The van der Waals surface area contributed by atoms with Crippen LogP contribution < -0.4 is 10.6 Å². The smallest absolute Gasteiger partial charge is 0.109 e. The van der Waals surface area contributed by atoms with E-state index in [2.05, 4.69) is 35.4 Å². The molecule has 1 rings (SSSR count). The molecule has 4 heteroatoms. The molecule has 0 fully saturated rings. The quantitative estimate of drug-likeness (QED) is 0.564. The molecule has 0 aromatic carbocycles. The Morgan fingerprint density at radius 2 is 2.40 bits per heavy atom. The van der Waals surface area contributed by atoms with E-state index in [0.717, 1.165) is 18.1 Å². The fourth-order valence-electron chi connectivity index (χ4n) is 1.20. The number of rotatable bonds is 6. The maximum Gasteiger partial charge on any atom is 0.109 e. The van der Waals surface area contributed by atoms with E-state index in [-0.39, 0.29) is 0 Å².